The number of ether oxygens (including phenoxy) is 11. The zero-order valence-electron chi connectivity index (χ0n) is 45.0. The van der Waals surface area contributed by atoms with E-state index in [0.717, 1.165) is 36.4 Å². The number of carbonyl (C=O) groups excluding carboxylic acids is 1. The van der Waals surface area contributed by atoms with Crippen molar-refractivity contribution in [3.63, 3.8) is 0 Å². The number of aromatic hydroxyl groups is 4. The van der Waals surface area contributed by atoms with E-state index in [1.807, 2.05) is 0 Å². The maximum atomic E-state index is 14.9. The summed E-state index contributed by atoms with van der Waals surface area (Å²) in [5.41, 5.74) is -1.50. The van der Waals surface area contributed by atoms with Crippen molar-refractivity contribution in [3.8, 4) is 45.8 Å². The van der Waals surface area contributed by atoms with Crippen LogP contribution in [0.2, 0.25) is 0 Å². The fourth-order valence-electron chi connectivity index (χ4n) is 10.1. The lowest BCUT2D eigenvalue weighted by molar-refractivity contribution is -0.368. The van der Waals surface area contributed by atoms with Gasteiger partial charge in [-0.05, 0) is 62.7 Å². The molecule has 5 saturated heterocycles. The van der Waals surface area contributed by atoms with Crippen LogP contribution < -0.4 is 14.9 Å². The zero-order chi connectivity index (χ0) is 61.6. The van der Waals surface area contributed by atoms with E-state index in [0.29, 0.717) is 5.56 Å². The van der Waals surface area contributed by atoms with Crippen molar-refractivity contribution >= 4 is 23.0 Å². The van der Waals surface area contributed by atoms with Crippen LogP contribution in [0.3, 0.4) is 0 Å². The summed E-state index contributed by atoms with van der Waals surface area (Å²) in [6, 6.07) is 10.7. The van der Waals surface area contributed by atoms with E-state index in [2.05, 4.69) is 0 Å². The Morgan fingerprint density at radius 2 is 1.11 bits per heavy atom. The topological polar surface area (TPSA) is 493 Å². The molecule has 0 spiro atoms. The summed E-state index contributed by atoms with van der Waals surface area (Å²) in [5, 5.41) is 182. The third kappa shape index (κ3) is 13.2. The fourth-order valence-corrected chi connectivity index (χ4v) is 10.1. The molecule has 3 aromatic carbocycles. The second-order valence-electron chi connectivity index (χ2n) is 21.0. The first kappa shape index (κ1) is 63.5. The van der Waals surface area contributed by atoms with Crippen molar-refractivity contribution in [2.24, 2.45) is 0 Å². The molecule has 0 radical (unpaired) electrons. The monoisotopic (exact) mass is 1210 g/mol. The molecule has 31 nitrogen and oxygen atoms in total. The molecule has 0 saturated carbocycles. The van der Waals surface area contributed by atoms with Gasteiger partial charge in [0.2, 0.25) is 23.8 Å². The summed E-state index contributed by atoms with van der Waals surface area (Å²) >= 11 is 0. The van der Waals surface area contributed by atoms with Crippen LogP contribution in [-0.4, -0.2) is 260 Å². The van der Waals surface area contributed by atoms with Gasteiger partial charge >= 0.3 is 5.97 Å². The summed E-state index contributed by atoms with van der Waals surface area (Å²) in [7, 11) is 0. The van der Waals surface area contributed by atoms with E-state index >= 15 is 0 Å². The molecule has 5 fully saturated rings. The number of aliphatic hydroxyl groups excluding tert-OH is 13. The second-order valence-corrected chi connectivity index (χ2v) is 21.0. The minimum atomic E-state index is -2.25. The lowest BCUT2D eigenvalue weighted by atomic mass is 9.96. The molecule has 17 N–H and O–H groups in total. The molecule has 85 heavy (non-hydrogen) atoms. The summed E-state index contributed by atoms with van der Waals surface area (Å²) < 4.78 is 70.4. The number of phenolic OH excluding ortho intramolecular Hbond substituents is 4. The first-order chi connectivity index (χ1) is 40.3. The van der Waals surface area contributed by atoms with Crippen LogP contribution in [0.4, 0.5) is 0 Å². The highest BCUT2D eigenvalue weighted by Gasteiger charge is 2.55. The van der Waals surface area contributed by atoms with E-state index in [1.165, 1.54) is 51.1 Å². The van der Waals surface area contributed by atoms with Crippen LogP contribution in [-0.2, 0) is 47.4 Å². The normalized spacial score (nSPS) is 38.9. The zero-order valence-corrected chi connectivity index (χ0v) is 45.0. The molecule has 4 aromatic rings. The summed E-state index contributed by atoms with van der Waals surface area (Å²) in [6.07, 6.45) is -43.0. The molecule has 0 aliphatic carbocycles. The number of carbonyl (C=O) groups is 1. The van der Waals surface area contributed by atoms with Gasteiger partial charge in [-0.15, -0.1) is 0 Å². The Bertz CT molecular complexity index is 3030. The van der Waals surface area contributed by atoms with Gasteiger partial charge in [-0.3, -0.25) is 4.79 Å². The standard InChI is InChI=1S/C54H66O31/c1-17-32(61)37(66)41(70)51(75-17)78-23-13-26(59)31-27(14-23)79-46(21-7-10-24(57)25(58)12-21)47(36(31)65)84-54-49(85-52-42(71)38(67)33(62)18(2)76-52)40(69)35(64)29(81-54)16-74-50-44(73)48(83-53-43(72)39(68)34(63)28(15-55)80-53)45(19(3)77-50)82-30(60)11-6-20-4-8-22(56)9-5-20/h4-14,17-19,28-29,32-35,37-45,48-59,61-64,66-73H,15-16H2,1-3H3. The predicted octanol–water partition coefficient (Wildman–Crippen LogP) is -4.54. The molecule has 6 heterocycles. The molecule has 25 unspecified atom stereocenters. The van der Waals surface area contributed by atoms with Crippen LogP contribution >= 0.6 is 0 Å². The third-order valence-electron chi connectivity index (χ3n) is 15.1. The molecule has 1 aromatic heterocycles. The Labute approximate surface area is 479 Å². The van der Waals surface area contributed by atoms with Gasteiger partial charge in [-0.1, -0.05) is 12.1 Å². The van der Waals surface area contributed by atoms with E-state index < -0.39 is 218 Å². The number of esters is 1. The summed E-state index contributed by atoms with van der Waals surface area (Å²) in [6.45, 7) is 2.20. The number of hydrogen-bond acceptors (Lipinski definition) is 31. The average molecular weight is 1210 g/mol. The number of hydrogen-bond donors (Lipinski definition) is 17. The molecule has 25 atom stereocenters. The quantitative estimate of drug-likeness (QED) is 0.0285. The van der Waals surface area contributed by atoms with E-state index in [1.54, 1.807) is 0 Å². The number of benzene rings is 3. The van der Waals surface area contributed by atoms with Gasteiger partial charge in [-0.25, -0.2) is 4.79 Å². The first-order valence-electron chi connectivity index (χ1n) is 26.6. The van der Waals surface area contributed by atoms with Crippen molar-refractivity contribution in [3.05, 3.63) is 76.5 Å². The third-order valence-corrected chi connectivity index (χ3v) is 15.1. The Balaban J connectivity index is 1.04. The van der Waals surface area contributed by atoms with Crippen molar-refractivity contribution < 1.29 is 148 Å². The molecule has 31 heteroatoms. The van der Waals surface area contributed by atoms with Crippen LogP contribution in [0, 0.1) is 0 Å². The smallest absolute Gasteiger partial charge is 0.331 e. The Morgan fingerprint density at radius 1 is 0.529 bits per heavy atom. The number of fused-ring (bicyclic) bond motifs is 1. The molecule has 468 valence electrons. The van der Waals surface area contributed by atoms with Crippen molar-refractivity contribution in [1.82, 2.24) is 0 Å². The SMILES string of the molecule is CC1OC(Oc2cc(O)c3c(=O)c(OC4OC(COC5OC(C)C(OC(=O)C=Cc6ccc(O)cc6)C(OC6OC(CO)C(O)C(O)C6O)C5O)C(O)C(O)C4OC4OC(C)C(O)C(O)C4O)c(-c4ccc(O)c(O)c4)oc3c2)C(O)C(O)C1O. The Kier molecular flexibility index (Phi) is 19.6. The van der Waals surface area contributed by atoms with E-state index in [-0.39, 0.29) is 17.1 Å². The first-order valence-corrected chi connectivity index (χ1v) is 26.6. The number of rotatable bonds is 16. The highest BCUT2D eigenvalue weighted by molar-refractivity contribution is 5.89. The minimum Gasteiger partial charge on any atom is -0.508 e. The number of aliphatic hydroxyl groups is 13. The lowest BCUT2D eigenvalue weighted by Gasteiger charge is -2.47. The van der Waals surface area contributed by atoms with Crippen molar-refractivity contribution in [2.45, 2.75) is 174 Å². The van der Waals surface area contributed by atoms with Gasteiger partial charge in [-0.2, -0.15) is 0 Å². The van der Waals surface area contributed by atoms with Crippen LogP contribution in [0.1, 0.15) is 26.3 Å². The van der Waals surface area contributed by atoms with Crippen LogP contribution in [0.15, 0.2) is 69.9 Å². The van der Waals surface area contributed by atoms with Crippen molar-refractivity contribution in [1.29, 1.82) is 0 Å². The number of phenols is 4. The minimum absolute atomic E-state index is 0.0528. The molecule has 0 bridgehead atoms. The van der Waals surface area contributed by atoms with Crippen molar-refractivity contribution in [2.75, 3.05) is 13.2 Å². The Morgan fingerprint density at radius 3 is 1.75 bits per heavy atom. The molecule has 0 amide bonds. The van der Waals surface area contributed by atoms with Gasteiger partial charge in [0.25, 0.3) is 0 Å². The van der Waals surface area contributed by atoms with E-state index in [4.69, 9.17) is 56.5 Å². The van der Waals surface area contributed by atoms with Gasteiger partial charge < -0.3 is 143 Å². The van der Waals surface area contributed by atoms with Gasteiger partial charge in [0, 0.05) is 23.8 Å². The molecular formula is C54H66O31. The fraction of sp³-hybridized carbons (Fsp3) is 0.556. The van der Waals surface area contributed by atoms with E-state index in [9.17, 15) is 96.4 Å². The molecule has 5 aliphatic rings. The predicted molar refractivity (Wildman–Crippen MR) is 276 cm³/mol. The van der Waals surface area contributed by atoms with Crippen LogP contribution in [0.25, 0.3) is 28.4 Å². The summed E-state index contributed by atoms with van der Waals surface area (Å²) in [5.74, 6) is -5.23. The average Bonchev–Trinajstić information content (AvgIpc) is 2.48. The highest BCUT2D eigenvalue weighted by atomic mass is 16.8. The molecular weight excluding hydrogens is 1140 g/mol. The van der Waals surface area contributed by atoms with Gasteiger partial charge in [0.05, 0.1) is 31.5 Å². The van der Waals surface area contributed by atoms with Gasteiger partial charge in [0.1, 0.15) is 120 Å². The summed E-state index contributed by atoms with van der Waals surface area (Å²) in [4.78, 5) is 28.2. The molecule has 5 aliphatic heterocycles. The highest BCUT2D eigenvalue weighted by Crippen LogP contribution is 2.42. The largest absolute Gasteiger partial charge is 0.508 e. The maximum Gasteiger partial charge on any atom is 0.331 e. The Hall–Kier alpha value is -5.96. The van der Waals surface area contributed by atoms with Gasteiger partial charge in [0.15, 0.2) is 48.3 Å². The molecule has 9 rings (SSSR count). The second kappa shape index (κ2) is 26.2. The van der Waals surface area contributed by atoms with Crippen LogP contribution in [0.5, 0.6) is 34.5 Å². The lowest BCUT2D eigenvalue weighted by Crippen LogP contribution is -2.66. The maximum absolute atomic E-state index is 14.9.